The van der Waals surface area contributed by atoms with E-state index in [1.165, 1.54) is 6.92 Å². The second-order valence-electron chi connectivity index (χ2n) is 0.917. The van der Waals surface area contributed by atoms with Crippen molar-refractivity contribution in [3.63, 3.8) is 0 Å². The molecule has 0 spiro atoms. The molecule has 0 radical (unpaired) electrons. The highest BCUT2D eigenvalue weighted by atomic mass is 35.5. The first-order valence-corrected chi connectivity index (χ1v) is 2.45. The van der Waals surface area contributed by atoms with Gasteiger partial charge in [-0.25, -0.2) is 4.79 Å². The van der Waals surface area contributed by atoms with Crippen molar-refractivity contribution in [3.05, 3.63) is 0 Å². The molecule has 0 aromatic rings. The van der Waals surface area contributed by atoms with E-state index in [1.54, 1.807) is 0 Å². The van der Waals surface area contributed by atoms with Gasteiger partial charge in [-0.2, -0.15) is 0 Å². The molecule has 0 aromatic carbocycles. The molecule has 0 heterocycles. The molecule has 8 heavy (non-hydrogen) atoms. The molecule has 0 aliphatic heterocycles. The van der Waals surface area contributed by atoms with Crippen LogP contribution in [0, 0.1) is 0 Å². The van der Waals surface area contributed by atoms with Crippen LogP contribution in [-0.2, 0) is 4.84 Å². The highest BCUT2D eigenvalue weighted by Crippen LogP contribution is 1.90. The predicted octanol–water partition coefficient (Wildman–Crippen LogP) is 1.93. The van der Waals surface area contributed by atoms with Gasteiger partial charge in [-0.05, 0) is 6.92 Å². The Morgan fingerprint density at radius 1 is 1.62 bits per heavy atom. The molecule has 0 aliphatic carbocycles. The normalized spacial score (nSPS) is 11.1. The summed E-state index contributed by atoms with van der Waals surface area (Å²) < 4.78 is 0. The summed E-state index contributed by atoms with van der Waals surface area (Å²) in [6.07, 6.45) is 0. The maximum absolute atomic E-state index is 9.73. The van der Waals surface area contributed by atoms with Gasteiger partial charge in [0.25, 0.3) is 0 Å². The molecule has 0 saturated heterocycles. The van der Waals surface area contributed by atoms with Gasteiger partial charge in [-0.3, -0.25) is 0 Å². The Bertz CT molecular complexity index is 118. The quantitative estimate of drug-likeness (QED) is 0.252. The summed E-state index contributed by atoms with van der Waals surface area (Å²) in [5.74, 6) is 0. The van der Waals surface area contributed by atoms with Crippen molar-refractivity contribution in [2.24, 2.45) is 5.16 Å². The van der Waals surface area contributed by atoms with Crippen LogP contribution in [0.1, 0.15) is 6.92 Å². The van der Waals surface area contributed by atoms with E-state index >= 15 is 0 Å². The summed E-state index contributed by atoms with van der Waals surface area (Å²) in [6, 6.07) is 0. The van der Waals surface area contributed by atoms with E-state index in [9.17, 15) is 4.79 Å². The summed E-state index contributed by atoms with van der Waals surface area (Å²) in [6.45, 7) is 1.46. The smallest absolute Gasteiger partial charge is 0.301 e. The number of oxime groups is 1. The van der Waals surface area contributed by atoms with E-state index in [1.807, 2.05) is 0 Å². The van der Waals surface area contributed by atoms with Gasteiger partial charge in [0.05, 0.1) is 0 Å². The topological polar surface area (TPSA) is 38.7 Å². The molecule has 0 bridgehead atoms. The number of carbonyl (C=O) groups is 1. The second-order valence-corrected chi connectivity index (χ2v) is 1.77. The maximum atomic E-state index is 9.73. The van der Waals surface area contributed by atoms with Gasteiger partial charge >= 0.3 is 5.43 Å². The Hall–Kier alpha value is -0.280. The van der Waals surface area contributed by atoms with E-state index in [0.717, 1.165) is 0 Å². The van der Waals surface area contributed by atoms with Gasteiger partial charge in [0.15, 0.2) is 0 Å². The lowest BCUT2D eigenvalue weighted by atomic mass is 10.9. The first-order chi connectivity index (χ1) is 3.63. The minimum absolute atomic E-state index is 0.124. The number of nitrogens with zero attached hydrogens (tertiary/aromatic N) is 1. The number of hydrogen-bond acceptors (Lipinski definition) is 3. The first kappa shape index (κ1) is 7.72. The highest BCUT2D eigenvalue weighted by Gasteiger charge is 1.90. The summed E-state index contributed by atoms with van der Waals surface area (Å²) >= 11 is 9.83. The van der Waals surface area contributed by atoms with Crippen LogP contribution < -0.4 is 0 Å². The lowest BCUT2D eigenvalue weighted by Gasteiger charge is -1.84. The minimum Gasteiger partial charge on any atom is -0.301 e. The third-order valence-corrected chi connectivity index (χ3v) is 0.381. The van der Waals surface area contributed by atoms with Crippen LogP contribution in [0.5, 0.6) is 0 Å². The number of rotatable bonds is 1. The highest BCUT2D eigenvalue weighted by molar-refractivity contribution is 6.65. The summed E-state index contributed by atoms with van der Waals surface area (Å²) in [5, 5.41) is 3.15. The van der Waals surface area contributed by atoms with Gasteiger partial charge in [0, 0.05) is 11.6 Å². The number of carbonyl (C=O) groups excluding carboxylic acids is 1. The van der Waals surface area contributed by atoms with E-state index in [4.69, 9.17) is 23.2 Å². The Kier molecular flexibility index (Phi) is 3.56. The molecular formula is C3H3Cl2NO2. The average Bonchev–Trinajstić information content (AvgIpc) is 1.61. The molecular weight excluding hydrogens is 153 g/mol. The molecule has 0 unspecified atom stereocenters. The van der Waals surface area contributed by atoms with Crippen molar-refractivity contribution in [1.82, 2.24) is 0 Å². The zero-order valence-electron chi connectivity index (χ0n) is 4.02. The number of halogens is 2. The lowest BCUT2D eigenvalue weighted by Crippen LogP contribution is -1.86. The van der Waals surface area contributed by atoms with Crippen LogP contribution in [0.2, 0.25) is 0 Å². The van der Waals surface area contributed by atoms with Crippen molar-refractivity contribution in [1.29, 1.82) is 0 Å². The largest absolute Gasteiger partial charge is 0.429 e. The Labute approximate surface area is 56.2 Å². The fourth-order valence-electron chi connectivity index (χ4n) is 0.0988. The fourth-order valence-corrected chi connectivity index (χ4v) is 0.168. The molecule has 5 heteroatoms. The molecule has 0 amide bonds. The molecule has 0 N–H and O–H groups in total. The lowest BCUT2D eigenvalue weighted by molar-refractivity contribution is 0.179. The van der Waals surface area contributed by atoms with Crippen molar-refractivity contribution in [3.8, 4) is 0 Å². The molecule has 46 valence electrons. The Balaban J connectivity index is 3.45. The zero-order chi connectivity index (χ0) is 6.57. The van der Waals surface area contributed by atoms with Crippen molar-refractivity contribution < 1.29 is 9.63 Å². The van der Waals surface area contributed by atoms with Crippen LogP contribution in [-0.4, -0.2) is 10.6 Å². The Morgan fingerprint density at radius 3 is 2.25 bits per heavy atom. The van der Waals surface area contributed by atoms with Crippen molar-refractivity contribution in [2.45, 2.75) is 6.92 Å². The standard InChI is InChI=1S/C3H3Cl2NO2/c1-2(4)6-8-3(5)7/h1H3. The maximum Gasteiger partial charge on any atom is 0.429 e. The summed E-state index contributed by atoms with van der Waals surface area (Å²) in [7, 11) is 0. The van der Waals surface area contributed by atoms with Gasteiger partial charge < -0.3 is 4.84 Å². The van der Waals surface area contributed by atoms with E-state index < -0.39 is 5.43 Å². The predicted molar refractivity (Wildman–Crippen MR) is 31.3 cm³/mol. The molecule has 0 saturated carbocycles. The summed E-state index contributed by atoms with van der Waals surface area (Å²) in [5.41, 5.74) is -0.995. The monoisotopic (exact) mass is 155 g/mol. The van der Waals surface area contributed by atoms with E-state index in [-0.39, 0.29) is 5.17 Å². The SMILES string of the molecule is CC(Cl)=NOC(=O)Cl. The van der Waals surface area contributed by atoms with Crippen molar-refractivity contribution >= 4 is 33.8 Å². The van der Waals surface area contributed by atoms with Gasteiger partial charge in [0.1, 0.15) is 5.17 Å². The third-order valence-electron chi connectivity index (χ3n) is 0.243. The second kappa shape index (κ2) is 3.69. The zero-order valence-corrected chi connectivity index (χ0v) is 5.53. The van der Waals surface area contributed by atoms with Crippen LogP contribution in [0.15, 0.2) is 5.16 Å². The van der Waals surface area contributed by atoms with Crippen LogP contribution in [0.4, 0.5) is 4.79 Å². The van der Waals surface area contributed by atoms with Crippen LogP contribution in [0.3, 0.4) is 0 Å². The fraction of sp³-hybridized carbons (Fsp3) is 0.333. The Morgan fingerprint density at radius 2 is 2.12 bits per heavy atom. The van der Waals surface area contributed by atoms with Crippen LogP contribution in [0.25, 0.3) is 0 Å². The first-order valence-electron chi connectivity index (χ1n) is 1.69. The van der Waals surface area contributed by atoms with Gasteiger partial charge in [-0.15, -0.1) is 0 Å². The van der Waals surface area contributed by atoms with Crippen LogP contribution >= 0.6 is 23.2 Å². The molecule has 3 nitrogen and oxygen atoms in total. The van der Waals surface area contributed by atoms with Crippen molar-refractivity contribution in [2.75, 3.05) is 0 Å². The summed E-state index contributed by atoms with van der Waals surface area (Å²) in [4.78, 5) is 13.6. The molecule has 0 aliphatic rings. The molecule has 0 aromatic heterocycles. The molecule has 0 atom stereocenters. The third kappa shape index (κ3) is 5.72. The molecule has 0 rings (SSSR count). The van der Waals surface area contributed by atoms with Gasteiger partial charge in [-0.1, -0.05) is 16.8 Å². The minimum atomic E-state index is -0.995. The molecule has 0 fully saturated rings. The average molecular weight is 156 g/mol. The number of hydrogen-bond donors (Lipinski definition) is 0. The van der Waals surface area contributed by atoms with E-state index in [0.29, 0.717) is 0 Å². The van der Waals surface area contributed by atoms with E-state index in [2.05, 4.69) is 9.99 Å². The van der Waals surface area contributed by atoms with Gasteiger partial charge in [0.2, 0.25) is 0 Å².